The second kappa shape index (κ2) is 2.97. The van der Waals surface area contributed by atoms with E-state index in [-0.39, 0.29) is 5.91 Å². The van der Waals surface area contributed by atoms with E-state index >= 15 is 0 Å². The maximum Gasteiger partial charge on any atom is 0.234 e. The zero-order valence-electron chi connectivity index (χ0n) is 4.52. The number of thioether (sulfide) groups is 1. The molecule has 1 fully saturated rings. The van der Waals surface area contributed by atoms with Crippen LogP contribution in [0.3, 0.4) is 0 Å². The van der Waals surface area contributed by atoms with Crippen molar-refractivity contribution in [1.82, 2.24) is 5.32 Å². The molecule has 1 N–H and O–H groups in total. The van der Waals surface area contributed by atoms with E-state index in [0.717, 1.165) is 18.7 Å². The third-order valence-corrected chi connectivity index (χ3v) is 1.83. The van der Waals surface area contributed by atoms with E-state index in [9.17, 15) is 4.79 Å². The van der Waals surface area contributed by atoms with Gasteiger partial charge in [-0.3, -0.25) is 4.79 Å². The van der Waals surface area contributed by atoms with Crippen molar-refractivity contribution in [2.45, 2.75) is 6.42 Å². The van der Waals surface area contributed by atoms with Crippen LogP contribution in [-0.4, -0.2) is 18.2 Å². The summed E-state index contributed by atoms with van der Waals surface area (Å²) >= 11 is 1.59. The number of amides is 1. The first-order valence-electron chi connectivity index (χ1n) is 2.62. The van der Waals surface area contributed by atoms with Crippen LogP contribution in [0.4, 0.5) is 0 Å². The van der Waals surface area contributed by atoms with E-state index in [1.54, 1.807) is 17.5 Å². The molecule has 1 radical (unpaired) electrons. The first-order valence-corrected chi connectivity index (χ1v) is 3.67. The van der Waals surface area contributed by atoms with Crippen molar-refractivity contribution in [2.75, 3.05) is 12.3 Å². The van der Waals surface area contributed by atoms with Crippen LogP contribution in [0.5, 0.6) is 0 Å². The topological polar surface area (TPSA) is 29.1 Å². The van der Waals surface area contributed by atoms with Crippen molar-refractivity contribution in [3.05, 3.63) is 5.75 Å². The Kier molecular flexibility index (Phi) is 2.21. The molecular formula is C5H8NOS. The molecule has 0 aromatic rings. The monoisotopic (exact) mass is 130 g/mol. The van der Waals surface area contributed by atoms with Gasteiger partial charge in [0.2, 0.25) is 5.91 Å². The predicted octanol–water partition coefficient (Wildman–Crippen LogP) is 0.401. The Balaban J connectivity index is 2.27. The minimum Gasteiger partial charge on any atom is -0.355 e. The summed E-state index contributed by atoms with van der Waals surface area (Å²) in [6, 6.07) is 0. The van der Waals surface area contributed by atoms with E-state index in [1.165, 1.54) is 0 Å². The van der Waals surface area contributed by atoms with Crippen molar-refractivity contribution >= 4 is 17.7 Å². The van der Waals surface area contributed by atoms with Crippen molar-refractivity contribution in [2.24, 2.45) is 0 Å². The Morgan fingerprint density at radius 3 is 3.50 bits per heavy atom. The average Bonchev–Trinajstić information content (AvgIpc) is 1.94. The zero-order chi connectivity index (χ0) is 5.82. The Morgan fingerprint density at radius 1 is 1.75 bits per heavy atom. The van der Waals surface area contributed by atoms with Gasteiger partial charge in [-0.05, 0) is 12.2 Å². The van der Waals surface area contributed by atoms with E-state index in [0.29, 0.717) is 0 Å². The third kappa shape index (κ3) is 1.74. The van der Waals surface area contributed by atoms with Crippen molar-refractivity contribution < 1.29 is 4.79 Å². The van der Waals surface area contributed by atoms with Crippen LogP contribution < -0.4 is 5.32 Å². The number of hydrogen-bond acceptors (Lipinski definition) is 2. The van der Waals surface area contributed by atoms with Crippen molar-refractivity contribution in [1.29, 1.82) is 0 Å². The lowest BCUT2D eigenvalue weighted by molar-refractivity contribution is -0.116. The smallest absolute Gasteiger partial charge is 0.234 e. The zero-order valence-corrected chi connectivity index (χ0v) is 5.33. The first kappa shape index (κ1) is 5.95. The number of hydrogen-bond donors (Lipinski definition) is 1. The fourth-order valence-corrected chi connectivity index (χ4v) is 1.21. The molecular weight excluding hydrogens is 122 g/mol. The van der Waals surface area contributed by atoms with E-state index in [4.69, 9.17) is 0 Å². The summed E-state index contributed by atoms with van der Waals surface area (Å²) in [6.45, 7) is 0.836. The molecule has 1 aliphatic heterocycles. The van der Waals surface area contributed by atoms with Gasteiger partial charge < -0.3 is 5.32 Å². The van der Waals surface area contributed by atoms with Gasteiger partial charge in [0.05, 0.1) is 0 Å². The van der Waals surface area contributed by atoms with Crippen LogP contribution in [-0.2, 0) is 4.79 Å². The number of carbonyl (C=O) groups excluding carboxylic acids is 1. The molecule has 1 rings (SSSR count). The van der Waals surface area contributed by atoms with E-state index in [2.05, 4.69) is 5.32 Å². The fraction of sp³-hybridized carbons (Fsp3) is 0.600. The van der Waals surface area contributed by atoms with Crippen LogP contribution in [0.15, 0.2) is 0 Å². The van der Waals surface area contributed by atoms with Gasteiger partial charge in [0.1, 0.15) is 5.75 Å². The highest BCUT2D eigenvalue weighted by Crippen LogP contribution is 2.08. The predicted molar refractivity (Wildman–Crippen MR) is 34.4 cm³/mol. The molecule has 1 aliphatic rings. The molecule has 8 heavy (non-hydrogen) atoms. The minimum absolute atomic E-state index is 0.0625. The first-order chi connectivity index (χ1) is 3.89. The largest absolute Gasteiger partial charge is 0.355 e. The average molecular weight is 130 g/mol. The summed E-state index contributed by atoms with van der Waals surface area (Å²) in [4.78, 5) is 10.5. The molecule has 2 nitrogen and oxygen atoms in total. The summed E-state index contributed by atoms with van der Waals surface area (Å²) in [6.07, 6.45) is 1.09. The van der Waals surface area contributed by atoms with Gasteiger partial charge in [-0.2, -0.15) is 0 Å². The molecule has 0 unspecified atom stereocenters. The summed E-state index contributed by atoms with van der Waals surface area (Å²) in [5.74, 6) is 2.76. The number of carbonyl (C=O) groups is 1. The molecule has 0 atom stereocenters. The second-order valence-electron chi connectivity index (χ2n) is 1.63. The molecule has 0 bridgehead atoms. The van der Waals surface area contributed by atoms with E-state index < -0.39 is 0 Å². The van der Waals surface area contributed by atoms with Gasteiger partial charge in [-0.15, -0.1) is 11.8 Å². The van der Waals surface area contributed by atoms with Gasteiger partial charge in [-0.1, -0.05) is 0 Å². The Hall–Kier alpha value is -0.180. The lowest BCUT2D eigenvalue weighted by atomic mass is 10.5. The van der Waals surface area contributed by atoms with Gasteiger partial charge >= 0.3 is 0 Å². The molecule has 45 valence electrons. The Morgan fingerprint density at radius 2 is 2.62 bits per heavy atom. The summed E-state index contributed by atoms with van der Waals surface area (Å²) < 4.78 is 0. The maximum atomic E-state index is 10.5. The normalized spacial score (nSPS) is 21.8. The standard InChI is InChI=1S/C5H8NOS/c7-5-4-8-3-1-2-6-5/h4H,1-3H2,(H,6,7). The quantitative estimate of drug-likeness (QED) is 0.514. The highest BCUT2D eigenvalue weighted by atomic mass is 32.2. The fourth-order valence-electron chi connectivity index (χ4n) is 0.543. The molecule has 0 aliphatic carbocycles. The SMILES string of the molecule is O=C1[CH]SCCCN1. The Labute approximate surface area is 53.0 Å². The van der Waals surface area contributed by atoms with Gasteiger partial charge in [-0.25, -0.2) is 0 Å². The number of nitrogens with one attached hydrogen (secondary N) is 1. The second-order valence-corrected chi connectivity index (χ2v) is 2.61. The van der Waals surface area contributed by atoms with Crippen molar-refractivity contribution in [3.63, 3.8) is 0 Å². The van der Waals surface area contributed by atoms with Gasteiger partial charge in [0.25, 0.3) is 0 Å². The molecule has 1 amide bonds. The van der Waals surface area contributed by atoms with Crippen LogP contribution in [0, 0.1) is 5.75 Å². The third-order valence-electron chi connectivity index (χ3n) is 0.929. The van der Waals surface area contributed by atoms with Crippen LogP contribution in [0.2, 0.25) is 0 Å². The molecule has 0 spiro atoms. The molecule has 1 heterocycles. The van der Waals surface area contributed by atoms with Crippen LogP contribution in [0.1, 0.15) is 6.42 Å². The van der Waals surface area contributed by atoms with Crippen LogP contribution >= 0.6 is 11.8 Å². The molecule has 0 saturated carbocycles. The molecule has 1 saturated heterocycles. The lowest BCUT2D eigenvalue weighted by Crippen LogP contribution is -2.21. The van der Waals surface area contributed by atoms with Crippen LogP contribution in [0.25, 0.3) is 0 Å². The molecule has 3 heteroatoms. The summed E-state index contributed by atoms with van der Waals surface area (Å²) in [7, 11) is 0. The lowest BCUT2D eigenvalue weighted by Gasteiger charge is -1.92. The van der Waals surface area contributed by atoms with Crippen molar-refractivity contribution in [3.8, 4) is 0 Å². The highest BCUT2D eigenvalue weighted by Gasteiger charge is 2.04. The highest BCUT2D eigenvalue weighted by molar-refractivity contribution is 8.02. The minimum atomic E-state index is 0.0625. The number of rotatable bonds is 0. The maximum absolute atomic E-state index is 10.5. The molecule has 0 aromatic heterocycles. The summed E-state index contributed by atoms with van der Waals surface area (Å²) in [5.41, 5.74) is 0. The van der Waals surface area contributed by atoms with Gasteiger partial charge in [0.15, 0.2) is 0 Å². The van der Waals surface area contributed by atoms with E-state index in [1.807, 2.05) is 0 Å². The van der Waals surface area contributed by atoms with Gasteiger partial charge in [0, 0.05) is 6.54 Å². The Bertz CT molecular complexity index is 84.4. The summed E-state index contributed by atoms with van der Waals surface area (Å²) in [5, 5.41) is 2.73. The molecule has 0 aromatic carbocycles.